The van der Waals surface area contributed by atoms with Gasteiger partial charge in [-0.25, -0.2) is 0 Å². The summed E-state index contributed by atoms with van der Waals surface area (Å²) in [6.07, 6.45) is 1.45. The molecule has 1 aliphatic rings. The number of nitrogens with one attached hydrogen (secondary N) is 2. The molecular weight excluding hydrogens is 362 g/mol. The first-order valence-corrected chi connectivity index (χ1v) is 9.89. The van der Waals surface area contributed by atoms with Crippen molar-refractivity contribution in [3.05, 3.63) is 46.7 Å². The van der Waals surface area contributed by atoms with Gasteiger partial charge in [0.2, 0.25) is 11.8 Å². The van der Waals surface area contributed by atoms with Crippen molar-refractivity contribution < 1.29 is 14.4 Å². The van der Waals surface area contributed by atoms with Gasteiger partial charge in [0, 0.05) is 24.3 Å². The Morgan fingerprint density at radius 2 is 1.89 bits per heavy atom. The predicted octanol–water partition coefficient (Wildman–Crippen LogP) is 3.27. The highest BCUT2D eigenvalue weighted by molar-refractivity contribution is 7.12. The highest BCUT2D eigenvalue weighted by Crippen LogP contribution is 2.23. The zero-order valence-electron chi connectivity index (χ0n) is 15.4. The highest BCUT2D eigenvalue weighted by Gasteiger charge is 2.25. The Morgan fingerprint density at radius 1 is 1.15 bits per heavy atom. The van der Waals surface area contributed by atoms with Crippen molar-refractivity contribution in [3.8, 4) is 0 Å². The van der Waals surface area contributed by atoms with Gasteiger partial charge in [-0.05, 0) is 48.1 Å². The van der Waals surface area contributed by atoms with E-state index in [1.807, 2.05) is 31.4 Å². The minimum atomic E-state index is -0.639. The molecule has 1 unspecified atom stereocenters. The van der Waals surface area contributed by atoms with Gasteiger partial charge in [0.05, 0.1) is 4.88 Å². The van der Waals surface area contributed by atoms with Crippen LogP contribution in [-0.4, -0.2) is 30.3 Å². The first-order valence-electron chi connectivity index (χ1n) is 9.01. The number of hydrogen-bond donors (Lipinski definition) is 2. The zero-order valence-corrected chi connectivity index (χ0v) is 16.2. The molecule has 6 nitrogen and oxygen atoms in total. The summed E-state index contributed by atoms with van der Waals surface area (Å²) in [5, 5.41) is 7.48. The molecule has 0 radical (unpaired) electrons. The second-order valence-electron chi connectivity index (χ2n) is 6.86. The largest absolute Gasteiger partial charge is 0.339 e. The molecule has 1 saturated heterocycles. The first-order chi connectivity index (χ1) is 13.0. The molecule has 2 aromatic rings. The number of rotatable bonds is 6. The third-order valence-corrected chi connectivity index (χ3v) is 5.37. The molecule has 0 bridgehead atoms. The van der Waals surface area contributed by atoms with Crippen molar-refractivity contribution in [1.82, 2.24) is 5.32 Å². The van der Waals surface area contributed by atoms with E-state index < -0.39 is 6.04 Å². The summed E-state index contributed by atoms with van der Waals surface area (Å²) in [6, 6.07) is 10.1. The Balaban J connectivity index is 1.65. The van der Waals surface area contributed by atoms with E-state index in [1.165, 1.54) is 11.3 Å². The van der Waals surface area contributed by atoms with Gasteiger partial charge in [0.15, 0.2) is 0 Å². The number of benzene rings is 1. The van der Waals surface area contributed by atoms with Gasteiger partial charge in [-0.2, -0.15) is 0 Å². The number of anilines is 2. The predicted molar refractivity (Wildman–Crippen MR) is 107 cm³/mol. The SMILES string of the molecule is CC(C)C(NC(=O)c1cccs1)C(=O)Nc1ccc(N2CCCC2=O)cc1. The Hall–Kier alpha value is -2.67. The van der Waals surface area contributed by atoms with Gasteiger partial charge in [-0.1, -0.05) is 19.9 Å². The Bertz CT molecular complexity index is 816. The van der Waals surface area contributed by atoms with E-state index in [0.717, 1.165) is 18.7 Å². The lowest BCUT2D eigenvalue weighted by atomic mass is 10.0. The molecule has 2 heterocycles. The van der Waals surface area contributed by atoms with Crippen molar-refractivity contribution in [3.63, 3.8) is 0 Å². The standard InChI is InChI=1S/C20H23N3O3S/c1-13(2)18(22-19(25)16-5-4-12-27-16)20(26)21-14-7-9-15(10-8-14)23-11-3-6-17(23)24/h4-5,7-10,12-13,18H,3,6,11H2,1-2H3,(H,21,26)(H,22,25). The Kier molecular flexibility index (Phi) is 5.91. The van der Waals surface area contributed by atoms with Crippen molar-refractivity contribution in [1.29, 1.82) is 0 Å². The van der Waals surface area contributed by atoms with Crippen molar-refractivity contribution >= 4 is 40.4 Å². The third kappa shape index (κ3) is 4.54. The number of hydrogen-bond acceptors (Lipinski definition) is 4. The third-order valence-electron chi connectivity index (χ3n) is 4.50. The smallest absolute Gasteiger partial charge is 0.262 e. The molecule has 1 aromatic carbocycles. The van der Waals surface area contributed by atoms with E-state index >= 15 is 0 Å². The van der Waals surface area contributed by atoms with E-state index in [4.69, 9.17) is 0 Å². The van der Waals surface area contributed by atoms with E-state index in [1.54, 1.807) is 29.2 Å². The molecule has 0 spiro atoms. The fourth-order valence-corrected chi connectivity index (χ4v) is 3.65. The minimum Gasteiger partial charge on any atom is -0.339 e. The Labute approximate surface area is 162 Å². The Morgan fingerprint density at radius 3 is 2.44 bits per heavy atom. The number of nitrogens with zero attached hydrogens (tertiary/aromatic N) is 1. The van der Waals surface area contributed by atoms with Crippen molar-refractivity contribution in [2.45, 2.75) is 32.7 Å². The molecule has 3 rings (SSSR count). The summed E-state index contributed by atoms with van der Waals surface area (Å²) in [5.74, 6) is -0.444. The second-order valence-corrected chi connectivity index (χ2v) is 7.81. The minimum absolute atomic E-state index is 0.0598. The van der Waals surface area contributed by atoms with Gasteiger partial charge < -0.3 is 15.5 Å². The monoisotopic (exact) mass is 385 g/mol. The zero-order chi connectivity index (χ0) is 19.4. The van der Waals surface area contributed by atoms with Gasteiger partial charge >= 0.3 is 0 Å². The molecule has 2 N–H and O–H groups in total. The van der Waals surface area contributed by atoms with Crippen LogP contribution in [0.25, 0.3) is 0 Å². The van der Waals surface area contributed by atoms with Crippen LogP contribution in [0.4, 0.5) is 11.4 Å². The molecule has 3 amide bonds. The summed E-state index contributed by atoms with van der Waals surface area (Å²) in [5.41, 5.74) is 1.47. The van der Waals surface area contributed by atoms with Crippen LogP contribution < -0.4 is 15.5 Å². The molecular formula is C20H23N3O3S. The van der Waals surface area contributed by atoms with Crippen LogP contribution >= 0.6 is 11.3 Å². The summed E-state index contributed by atoms with van der Waals surface area (Å²) < 4.78 is 0. The summed E-state index contributed by atoms with van der Waals surface area (Å²) in [7, 11) is 0. The van der Waals surface area contributed by atoms with Crippen LogP contribution in [0.2, 0.25) is 0 Å². The molecule has 27 heavy (non-hydrogen) atoms. The molecule has 0 saturated carbocycles. The van der Waals surface area contributed by atoms with E-state index in [-0.39, 0.29) is 23.6 Å². The van der Waals surface area contributed by atoms with Crippen LogP contribution in [0.3, 0.4) is 0 Å². The van der Waals surface area contributed by atoms with Gasteiger partial charge in [0.25, 0.3) is 5.91 Å². The number of carbonyl (C=O) groups excluding carboxylic acids is 3. The molecule has 0 aliphatic carbocycles. The molecule has 1 fully saturated rings. The molecule has 1 aliphatic heterocycles. The molecule has 1 aromatic heterocycles. The average molecular weight is 385 g/mol. The van der Waals surface area contributed by atoms with Gasteiger partial charge in [0.1, 0.15) is 6.04 Å². The highest BCUT2D eigenvalue weighted by atomic mass is 32.1. The molecule has 7 heteroatoms. The number of amides is 3. The maximum absolute atomic E-state index is 12.7. The fraction of sp³-hybridized carbons (Fsp3) is 0.350. The summed E-state index contributed by atoms with van der Waals surface area (Å²) in [6.45, 7) is 4.51. The lowest BCUT2D eigenvalue weighted by Crippen LogP contribution is -2.46. The lowest BCUT2D eigenvalue weighted by molar-refractivity contribution is -0.119. The van der Waals surface area contributed by atoms with Crippen molar-refractivity contribution in [2.24, 2.45) is 5.92 Å². The van der Waals surface area contributed by atoms with Crippen LogP contribution in [0.1, 0.15) is 36.4 Å². The molecule has 142 valence electrons. The first kappa shape index (κ1) is 19.1. The topological polar surface area (TPSA) is 78.5 Å². The summed E-state index contributed by atoms with van der Waals surface area (Å²) >= 11 is 1.34. The van der Waals surface area contributed by atoms with Gasteiger partial charge in [-0.3, -0.25) is 14.4 Å². The van der Waals surface area contributed by atoms with Gasteiger partial charge in [-0.15, -0.1) is 11.3 Å². The quantitative estimate of drug-likeness (QED) is 0.801. The lowest BCUT2D eigenvalue weighted by Gasteiger charge is -2.22. The van der Waals surface area contributed by atoms with E-state index in [9.17, 15) is 14.4 Å². The molecule has 1 atom stereocenters. The summed E-state index contributed by atoms with van der Waals surface area (Å²) in [4.78, 5) is 39.1. The number of thiophene rings is 1. The normalized spacial score (nSPS) is 15.1. The second kappa shape index (κ2) is 8.35. The van der Waals surface area contributed by atoms with E-state index in [2.05, 4.69) is 10.6 Å². The van der Waals surface area contributed by atoms with Crippen LogP contribution in [0.5, 0.6) is 0 Å². The van der Waals surface area contributed by atoms with Crippen molar-refractivity contribution in [2.75, 3.05) is 16.8 Å². The fourth-order valence-electron chi connectivity index (χ4n) is 3.02. The maximum Gasteiger partial charge on any atom is 0.262 e. The van der Waals surface area contributed by atoms with E-state index in [0.29, 0.717) is 17.0 Å². The maximum atomic E-state index is 12.7. The van der Waals surface area contributed by atoms with Crippen LogP contribution in [-0.2, 0) is 9.59 Å². The van der Waals surface area contributed by atoms with Crippen LogP contribution in [0.15, 0.2) is 41.8 Å². The number of carbonyl (C=O) groups is 3. The average Bonchev–Trinajstić information content (AvgIpc) is 3.31. The van der Waals surface area contributed by atoms with Crippen LogP contribution in [0, 0.1) is 5.92 Å².